The molecule has 3 heterocycles. The van der Waals surface area contributed by atoms with Crippen molar-refractivity contribution >= 4 is 5.57 Å². The van der Waals surface area contributed by atoms with Gasteiger partial charge in [-0.1, -0.05) is 42.5 Å². The van der Waals surface area contributed by atoms with Crippen molar-refractivity contribution in [2.75, 3.05) is 13.1 Å². The summed E-state index contributed by atoms with van der Waals surface area (Å²) in [6, 6.07) is 9.48. The van der Waals surface area contributed by atoms with Crippen LogP contribution in [0.15, 0.2) is 42.5 Å². The van der Waals surface area contributed by atoms with Gasteiger partial charge in [-0.15, -0.1) is 0 Å². The molecule has 0 radical (unpaired) electrons. The molecule has 0 saturated carbocycles. The maximum Gasteiger partial charge on any atom is 0.0541 e. The van der Waals surface area contributed by atoms with Gasteiger partial charge in [0.2, 0.25) is 0 Å². The topological polar surface area (TPSA) is 3.24 Å². The Morgan fingerprint density at radius 2 is 2.00 bits per heavy atom. The van der Waals surface area contributed by atoms with Crippen LogP contribution in [-0.2, 0) is 0 Å². The molecule has 1 saturated heterocycles. The second-order valence-electron chi connectivity index (χ2n) is 4.69. The largest absolute Gasteiger partial charge is 0.292 e. The molecule has 0 aromatic heterocycles. The Balaban J connectivity index is 1.98. The van der Waals surface area contributed by atoms with Crippen LogP contribution < -0.4 is 0 Å². The lowest BCUT2D eigenvalue weighted by Gasteiger charge is -2.40. The Labute approximate surface area is 89.7 Å². The summed E-state index contributed by atoms with van der Waals surface area (Å²) in [5, 5.41) is 0. The molecule has 1 aliphatic carbocycles. The quantitative estimate of drug-likeness (QED) is 0.614. The summed E-state index contributed by atoms with van der Waals surface area (Å²) >= 11 is 0. The predicted molar refractivity (Wildman–Crippen MR) is 61.7 cm³/mol. The van der Waals surface area contributed by atoms with Gasteiger partial charge in [-0.3, -0.25) is 4.90 Å². The van der Waals surface area contributed by atoms with Crippen LogP contribution in [-0.4, -0.2) is 24.0 Å². The van der Waals surface area contributed by atoms with E-state index < -0.39 is 0 Å². The van der Waals surface area contributed by atoms with Crippen LogP contribution in [0.1, 0.15) is 17.0 Å². The fourth-order valence-corrected chi connectivity index (χ4v) is 3.09. The van der Waals surface area contributed by atoms with Gasteiger partial charge in [0.05, 0.1) is 6.04 Å². The number of hydrogen-bond acceptors (Lipinski definition) is 1. The highest BCUT2D eigenvalue weighted by atomic mass is 15.2. The lowest BCUT2D eigenvalue weighted by atomic mass is 9.89. The lowest BCUT2D eigenvalue weighted by Crippen LogP contribution is -2.47. The summed E-state index contributed by atoms with van der Waals surface area (Å²) in [7, 11) is 0. The van der Waals surface area contributed by atoms with Gasteiger partial charge in [-0.2, -0.15) is 0 Å². The maximum atomic E-state index is 2.57. The molecule has 74 valence electrons. The summed E-state index contributed by atoms with van der Waals surface area (Å²) in [5.41, 5.74) is 4.55. The fraction of sp³-hybridized carbons (Fsp3) is 0.286. The fourth-order valence-electron chi connectivity index (χ4n) is 3.09. The first kappa shape index (κ1) is 7.89. The highest BCUT2D eigenvalue weighted by Gasteiger charge is 2.40. The minimum Gasteiger partial charge on any atom is -0.292 e. The molecule has 5 rings (SSSR count). The van der Waals surface area contributed by atoms with Crippen LogP contribution >= 0.6 is 0 Å². The maximum absolute atomic E-state index is 2.57. The van der Waals surface area contributed by atoms with E-state index in [0.29, 0.717) is 6.04 Å². The third-order valence-electron chi connectivity index (χ3n) is 3.90. The van der Waals surface area contributed by atoms with E-state index in [9.17, 15) is 0 Å². The second kappa shape index (κ2) is 2.61. The molecule has 2 bridgehead atoms. The van der Waals surface area contributed by atoms with E-state index in [1.165, 1.54) is 24.2 Å². The molecule has 1 unspecified atom stereocenters. The van der Waals surface area contributed by atoms with Gasteiger partial charge in [0.15, 0.2) is 0 Å². The molecule has 0 amide bonds. The van der Waals surface area contributed by atoms with Gasteiger partial charge < -0.3 is 0 Å². The molecule has 1 aromatic rings. The van der Waals surface area contributed by atoms with Crippen molar-refractivity contribution < 1.29 is 0 Å². The van der Waals surface area contributed by atoms with Gasteiger partial charge >= 0.3 is 0 Å². The standard InChI is InChI=1S/C14H13N/c1-2-5-12-11(4-1)10-8-15(9-10)14-7-3-6-13(12)14/h1-7,10,14H,8-9H2. The number of rotatable bonds is 0. The number of hydrogen-bond donors (Lipinski definition) is 0. The van der Waals surface area contributed by atoms with Crippen molar-refractivity contribution in [2.45, 2.75) is 12.0 Å². The smallest absolute Gasteiger partial charge is 0.0541 e. The SMILES string of the molecule is C1=CC2C(=C1)c1ccccc1C1CN2C1. The van der Waals surface area contributed by atoms with E-state index in [2.05, 4.69) is 47.4 Å². The molecule has 1 nitrogen and oxygen atoms in total. The van der Waals surface area contributed by atoms with Crippen molar-refractivity contribution in [3.05, 3.63) is 53.6 Å². The summed E-state index contributed by atoms with van der Waals surface area (Å²) in [6.45, 7) is 2.48. The van der Waals surface area contributed by atoms with Gasteiger partial charge in [0.1, 0.15) is 0 Å². The Morgan fingerprint density at radius 1 is 1.13 bits per heavy atom. The molecule has 1 aromatic carbocycles. The molecule has 0 N–H and O–H groups in total. The molecule has 0 spiro atoms. The number of allylic oxidation sites excluding steroid dienone is 2. The Hall–Kier alpha value is -1.34. The normalized spacial score (nSPS) is 34.9. The molecular formula is C14H13N. The van der Waals surface area contributed by atoms with Crippen LogP contribution in [0, 0.1) is 0 Å². The third kappa shape index (κ3) is 0.915. The van der Waals surface area contributed by atoms with Crippen LogP contribution in [0.3, 0.4) is 0 Å². The Bertz CT molecular complexity index is 478. The minimum atomic E-state index is 0.560. The predicted octanol–water partition coefficient (Wildman–Crippen LogP) is 2.42. The molecule has 3 aliphatic heterocycles. The van der Waals surface area contributed by atoms with Gasteiger partial charge in [-0.05, 0) is 16.7 Å². The van der Waals surface area contributed by atoms with E-state index in [1.54, 1.807) is 5.56 Å². The van der Waals surface area contributed by atoms with E-state index in [1.807, 2.05) is 0 Å². The highest BCUT2D eigenvalue weighted by molar-refractivity contribution is 5.79. The molecule has 1 heteroatoms. The average Bonchev–Trinajstić information content (AvgIpc) is 2.58. The summed E-state index contributed by atoms with van der Waals surface area (Å²) in [6.07, 6.45) is 6.81. The zero-order valence-electron chi connectivity index (χ0n) is 8.56. The highest BCUT2D eigenvalue weighted by Crippen LogP contribution is 2.43. The molecule has 1 atom stereocenters. The van der Waals surface area contributed by atoms with Gasteiger partial charge in [0, 0.05) is 19.0 Å². The number of benzene rings is 1. The summed E-state index contributed by atoms with van der Waals surface area (Å²) in [4.78, 5) is 2.57. The van der Waals surface area contributed by atoms with Crippen LogP contribution in [0.4, 0.5) is 0 Å². The molecule has 15 heavy (non-hydrogen) atoms. The molecule has 1 fully saturated rings. The zero-order chi connectivity index (χ0) is 9.83. The van der Waals surface area contributed by atoms with Crippen molar-refractivity contribution in [1.82, 2.24) is 4.90 Å². The summed E-state index contributed by atoms with van der Waals surface area (Å²) in [5.74, 6) is 0.779. The molecule has 4 aliphatic rings. The second-order valence-corrected chi connectivity index (χ2v) is 4.69. The average molecular weight is 195 g/mol. The Morgan fingerprint density at radius 3 is 2.93 bits per heavy atom. The lowest BCUT2D eigenvalue weighted by molar-refractivity contribution is 0.146. The van der Waals surface area contributed by atoms with Crippen LogP contribution in [0.2, 0.25) is 0 Å². The van der Waals surface area contributed by atoms with E-state index >= 15 is 0 Å². The first-order valence-corrected chi connectivity index (χ1v) is 5.65. The van der Waals surface area contributed by atoms with Crippen LogP contribution in [0.5, 0.6) is 0 Å². The van der Waals surface area contributed by atoms with Crippen molar-refractivity contribution in [1.29, 1.82) is 0 Å². The van der Waals surface area contributed by atoms with Gasteiger partial charge in [0.25, 0.3) is 0 Å². The van der Waals surface area contributed by atoms with Crippen molar-refractivity contribution in [3.8, 4) is 0 Å². The Kier molecular flexibility index (Phi) is 1.37. The zero-order valence-corrected chi connectivity index (χ0v) is 8.56. The van der Waals surface area contributed by atoms with E-state index in [0.717, 1.165) is 5.92 Å². The first-order chi connectivity index (χ1) is 7.43. The first-order valence-electron chi connectivity index (χ1n) is 5.65. The van der Waals surface area contributed by atoms with E-state index in [-0.39, 0.29) is 0 Å². The minimum absolute atomic E-state index is 0.560. The monoisotopic (exact) mass is 195 g/mol. The third-order valence-corrected chi connectivity index (χ3v) is 3.90. The molecular weight excluding hydrogens is 182 g/mol. The van der Waals surface area contributed by atoms with Crippen molar-refractivity contribution in [2.24, 2.45) is 0 Å². The van der Waals surface area contributed by atoms with E-state index in [4.69, 9.17) is 0 Å². The van der Waals surface area contributed by atoms with Crippen LogP contribution in [0.25, 0.3) is 5.57 Å². The number of nitrogens with zero attached hydrogens (tertiary/aromatic N) is 1. The summed E-state index contributed by atoms with van der Waals surface area (Å²) < 4.78 is 0. The van der Waals surface area contributed by atoms with Crippen molar-refractivity contribution in [3.63, 3.8) is 0 Å². The van der Waals surface area contributed by atoms with Gasteiger partial charge in [-0.25, -0.2) is 0 Å².